The van der Waals surface area contributed by atoms with Crippen molar-refractivity contribution in [2.75, 3.05) is 14.1 Å². The van der Waals surface area contributed by atoms with E-state index in [1.54, 1.807) is 0 Å². The molecule has 8 heteroatoms. The van der Waals surface area contributed by atoms with Gasteiger partial charge in [-0.2, -0.15) is 0 Å². The fourth-order valence-corrected chi connectivity index (χ4v) is 2.53. The monoisotopic (exact) mass is 311 g/mol. The van der Waals surface area contributed by atoms with E-state index >= 15 is 0 Å². The van der Waals surface area contributed by atoms with Crippen LogP contribution < -0.4 is 10.9 Å². The fourth-order valence-electron chi connectivity index (χ4n) is 1.63. The van der Waals surface area contributed by atoms with E-state index in [0.717, 1.165) is 17.1 Å². The standard InChI is InChI=1S/C13H17N3O4S/c1-16(2)21(19,20)11-7-5-10(6-8-11)13(18)15-14-12(17)9-3-4-9/h5-9H,3-4H2,1-2H3,(H,14,17)(H,15,18). The van der Waals surface area contributed by atoms with Gasteiger partial charge in [0, 0.05) is 25.6 Å². The van der Waals surface area contributed by atoms with Crippen LogP contribution in [0.4, 0.5) is 0 Å². The van der Waals surface area contributed by atoms with E-state index in [4.69, 9.17) is 0 Å². The summed E-state index contributed by atoms with van der Waals surface area (Å²) in [6, 6.07) is 5.50. The highest BCUT2D eigenvalue weighted by Gasteiger charge is 2.29. The van der Waals surface area contributed by atoms with Crippen molar-refractivity contribution in [2.24, 2.45) is 5.92 Å². The third-order valence-electron chi connectivity index (χ3n) is 3.14. The largest absolute Gasteiger partial charge is 0.273 e. The summed E-state index contributed by atoms with van der Waals surface area (Å²) >= 11 is 0. The molecule has 0 radical (unpaired) electrons. The summed E-state index contributed by atoms with van der Waals surface area (Å²) in [6.45, 7) is 0. The predicted octanol–water partition coefficient (Wildman–Crippen LogP) is 0.108. The van der Waals surface area contributed by atoms with Gasteiger partial charge in [-0.15, -0.1) is 0 Å². The Morgan fingerprint density at radius 2 is 1.67 bits per heavy atom. The molecule has 1 fully saturated rings. The average molecular weight is 311 g/mol. The first-order chi connectivity index (χ1) is 9.82. The van der Waals surface area contributed by atoms with Gasteiger partial charge in [-0.25, -0.2) is 12.7 Å². The summed E-state index contributed by atoms with van der Waals surface area (Å²) in [5.74, 6) is -0.689. The van der Waals surface area contributed by atoms with Crippen LogP contribution in [-0.4, -0.2) is 38.6 Å². The lowest BCUT2D eigenvalue weighted by Crippen LogP contribution is -2.42. The van der Waals surface area contributed by atoms with Gasteiger partial charge in [-0.3, -0.25) is 20.4 Å². The lowest BCUT2D eigenvalue weighted by Gasteiger charge is -2.11. The van der Waals surface area contributed by atoms with Gasteiger partial charge in [0.25, 0.3) is 5.91 Å². The minimum atomic E-state index is -3.52. The van der Waals surface area contributed by atoms with Crippen molar-refractivity contribution in [1.29, 1.82) is 0 Å². The van der Waals surface area contributed by atoms with Crippen LogP contribution in [0.3, 0.4) is 0 Å². The van der Waals surface area contributed by atoms with E-state index in [-0.39, 0.29) is 22.3 Å². The summed E-state index contributed by atoms with van der Waals surface area (Å²) in [5.41, 5.74) is 4.91. The zero-order valence-corrected chi connectivity index (χ0v) is 12.6. The van der Waals surface area contributed by atoms with Crippen molar-refractivity contribution in [3.05, 3.63) is 29.8 Å². The van der Waals surface area contributed by atoms with Crippen molar-refractivity contribution in [3.63, 3.8) is 0 Å². The Kier molecular flexibility index (Phi) is 4.29. The van der Waals surface area contributed by atoms with Crippen LogP contribution >= 0.6 is 0 Å². The van der Waals surface area contributed by atoms with Crippen LogP contribution in [-0.2, 0) is 14.8 Å². The van der Waals surface area contributed by atoms with Crippen molar-refractivity contribution < 1.29 is 18.0 Å². The molecule has 0 unspecified atom stereocenters. The number of sulfonamides is 1. The van der Waals surface area contributed by atoms with E-state index in [2.05, 4.69) is 10.9 Å². The highest BCUT2D eigenvalue weighted by molar-refractivity contribution is 7.89. The lowest BCUT2D eigenvalue weighted by atomic mass is 10.2. The first-order valence-electron chi connectivity index (χ1n) is 6.45. The van der Waals surface area contributed by atoms with Gasteiger partial charge < -0.3 is 0 Å². The number of carbonyl (C=O) groups is 2. The number of nitrogens with one attached hydrogen (secondary N) is 2. The molecule has 0 atom stereocenters. The molecule has 1 aliphatic rings. The Morgan fingerprint density at radius 3 is 2.14 bits per heavy atom. The Hall–Kier alpha value is -1.93. The van der Waals surface area contributed by atoms with Gasteiger partial charge in [0.05, 0.1) is 4.90 Å². The van der Waals surface area contributed by atoms with Crippen molar-refractivity contribution >= 4 is 21.8 Å². The second kappa shape index (κ2) is 5.82. The molecule has 0 bridgehead atoms. The smallest absolute Gasteiger partial charge is 0.269 e. The van der Waals surface area contributed by atoms with Crippen LogP contribution in [0.25, 0.3) is 0 Å². The Morgan fingerprint density at radius 1 is 1.10 bits per heavy atom. The molecule has 7 nitrogen and oxygen atoms in total. The molecule has 0 heterocycles. The molecule has 0 aliphatic heterocycles. The maximum atomic E-state index is 11.9. The summed E-state index contributed by atoms with van der Waals surface area (Å²) in [6.07, 6.45) is 1.69. The van der Waals surface area contributed by atoms with Gasteiger partial charge in [-0.05, 0) is 37.1 Å². The molecule has 0 saturated heterocycles. The molecule has 2 amide bonds. The average Bonchev–Trinajstić information content (AvgIpc) is 3.29. The highest BCUT2D eigenvalue weighted by atomic mass is 32.2. The summed E-state index contributed by atoms with van der Waals surface area (Å²) in [7, 11) is -0.648. The van der Waals surface area contributed by atoms with Gasteiger partial charge in [0.15, 0.2) is 0 Å². The van der Waals surface area contributed by atoms with Crippen LogP contribution in [0.1, 0.15) is 23.2 Å². The highest BCUT2D eigenvalue weighted by Crippen LogP contribution is 2.28. The van der Waals surface area contributed by atoms with Crippen molar-refractivity contribution in [3.8, 4) is 0 Å². The normalized spacial score (nSPS) is 14.8. The zero-order chi connectivity index (χ0) is 15.6. The summed E-state index contributed by atoms with van der Waals surface area (Å²) in [4.78, 5) is 23.3. The number of hydrogen-bond donors (Lipinski definition) is 2. The maximum Gasteiger partial charge on any atom is 0.269 e. The number of amides is 2. The molecule has 0 spiro atoms. The third-order valence-corrected chi connectivity index (χ3v) is 4.97. The van der Waals surface area contributed by atoms with Gasteiger partial charge in [-0.1, -0.05) is 0 Å². The predicted molar refractivity (Wildman–Crippen MR) is 75.6 cm³/mol. The number of carbonyl (C=O) groups excluding carboxylic acids is 2. The van der Waals surface area contributed by atoms with Crippen molar-refractivity contribution in [2.45, 2.75) is 17.7 Å². The number of rotatable bonds is 4. The molecule has 1 aromatic rings. The quantitative estimate of drug-likeness (QED) is 0.771. The topological polar surface area (TPSA) is 95.6 Å². The van der Waals surface area contributed by atoms with Crippen LogP contribution in [0, 0.1) is 5.92 Å². The third kappa shape index (κ3) is 3.59. The number of hydrogen-bond acceptors (Lipinski definition) is 4. The first-order valence-corrected chi connectivity index (χ1v) is 7.89. The van der Waals surface area contributed by atoms with E-state index in [1.165, 1.54) is 38.4 Å². The molecular weight excluding hydrogens is 294 g/mol. The van der Waals surface area contributed by atoms with Gasteiger partial charge in [0.1, 0.15) is 0 Å². The molecule has 1 aromatic carbocycles. The van der Waals surface area contributed by atoms with Gasteiger partial charge in [0.2, 0.25) is 15.9 Å². The minimum Gasteiger partial charge on any atom is -0.273 e. The SMILES string of the molecule is CN(C)S(=O)(=O)c1ccc(C(=O)NNC(=O)C2CC2)cc1. The van der Waals surface area contributed by atoms with Crippen LogP contribution in [0.5, 0.6) is 0 Å². The lowest BCUT2D eigenvalue weighted by molar-refractivity contribution is -0.123. The Labute approximate surface area is 123 Å². The summed E-state index contributed by atoms with van der Waals surface area (Å²) < 4.78 is 24.9. The van der Waals surface area contributed by atoms with Crippen molar-refractivity contribution in [1.82, 2.24) is 15.2 Å². The second-order valence-electron chi connectivity index (χ2n) is 5.03. The molecule has 2 rings (SSSR count). The number of hydrazine groups is 1. The zero-order valence-electron chi connectivity index (χ0n) is 11.8. The summed E-state index contributed by atoms with van der Waals surface area (Å²) in [5, 5.41) is 0. The fraction of sp³-hybridized carbons (Fsp3) is 0.385. The molecule has 2 N–H and O–H groups in total. The molecule has 1 saturated carbocycles. The Bertz CT molecular complexity index is 648. The van der Waals surface area contributed by atoms with E-state index in [1.807, 2.05) is 0 Å². The van der Waals surface area contributed by atoms with Crippen LogP contribution in [0.2, 0.25) is 0 Å². The van der Waals surface area contributed by atoms with E-state index < -0.39 is 15.9 Å². The number of nitrogens with zero attached hydrogens (tertiary/aromatic N) is 1. The van der Waals surface area contributed by atoms with E-state index in [0.29, 0.717) is 0 Å². The van der Waals surface area contributed by atoms with Gasteiger partial charge >= 0.3 is 0 Å². The molecule has 1 aliphatic carbocycles. The minimum absolute atomic E-state index is 0.00193. The molecule has 0 aromatic heterocycles. The van der Waals surface area contributed by atoms with Crippen LogP contribution in [0.15, 0.2) is 29.2 Å². The first kappa shape index (κ1) is 15.5. The Balaban J connectivity index is 2.01. The molecule has 21 heavy (non-hydrogen) atoms. The van der Waals surface area contributed by atoms with E-state index in [9.17, 15) is 18.0 Å². The molecular formula is C13H17N3O4S. The molecule has 114 valence electrons. The second-order valence-corrected chi connectivity index (χ2v) is 7.18. The number of benzene rings is 1. The maximum absolute atomic E-state index is 11.9.